The average molecular weight is 435 g/mol. The first-order chi connectivity index (χ1) is 15.0. The van der Waals surface area contributed by atoms with Crippen LogP contribution in [0.3, 0.4) is 0 Å². The van der Waals surface area contributed by atoms with Crippen molar-refractivity contribution in [1.82, 2.24) is 0 Å². The van der Waals surface area contributed by atoms with Gasteiger partial charge in [0, 0.05) is 12.1 Å². The number of nitro groups is 1. The number of esters is 1. The van der Waals surface area contributed by atoms with Crippen LogP contribution in [0, 0.1) is 10.1 Å². The maximum absolute atomic E-state index is 12.3. The molecule has 0 radical (unpaired) electrons. The van der Waals surface area contributed by atoms with E-state index in [1.54, 1.807) is 24.3 Å². The minimum absolute atomic E-state index is 0.0535. The average Bonchev–Trinajstić information content (AvgIpc) is 3.13. The van der Waals surface area contributed by atoms with Gasteiger partial charge in [-0.3, -0.25) is 10.1 Å². The number of halogens is 1. The summed E-state index contributed by atoms with van der Waals surface area (Å²) < 4.78 is 11.0. The number of aliphatic imine (C=N–C) groups is 1. The molecule has 0 amide bonds. The lowest BCUT2D eigenvalue weighted by Gasteiger charge is -2.07. The molecule has 31 heavy (non-hydrogen) atoms. The Morgan fingerprint density at radius 3 is 2.65 bits per heavy atom. The molecule has 154 valence electrons. The van der Waals surface area contributed by atoms with E-state index in [0.29, 0.717) is 17.9 Å². The quantitative estimate of drug-likeness (QED) is 0.231. The molecule has 0 N–H and O–H groups in total. The van der Waals surface area contributed by atoms with Crippen molar-refractivity contribution >= 4 is 35.2 Å². The van der Waals surface area contributed by atoms with E-state index in [9.17, 15) is 14.9 Å². The molecule has 1 aliphatic heterocycles. The van der Waals surface area contributed by atoms with Crippen LogP contribution >= 0.6 is 11.6 Å². The molecule has 0 unspecified atom stereocenters. The highest BCUT2D eigenvalue weighted by Gasteiger charge is 2.27. The number of hydrogen-bond acceptors (Lipinski definition) is 6. The fourth-order valence-electron chi connectivity index (χ4n) is 2.91. The largest absolute Gasteiger partial charge is 0.489 e. The smallest absolute Gasteiger partial charge is 0.363 e. The van der Waals surface area contributed by atoms with Crippen LogP contribution < -0.4 is 4.74 Å². The van der Waals surface area contributed by atoms with Crippen LogP contribution in [0.2, 0.25) is 5.02 Å². The zero-order chi connectivity index (χ0) is 21.8. The van der Waals surface area contributed by atoms with Gasteiger partial charge >= 0.3 is 5.97 Å². The van der Waals surface area contributed by atoms with Crippen LogP contribution in [0.4, 0.5) is 5.69 Å². The molecule has 4 rings (SSSR count). The van der Waals surface area contributed by atoms with Crippen molar-refractivity contribution < 1.29 is 19.2 Å². The van der Waals surface area contributed by atoms with Gasteiger partial charge in [0.2, 0.25) is 5.90 Å². The van der Waals surface area contributed by atoms with Crippen molar-refractivity contribution in [2.24, 2.45) is 4.99 Å². The zero-order valence-corrected chi connectivity index (χ0v) is 16.8. The highest BCUT2D eigenvalue weighted by Crippen LogP contribution is 2.27. The SMILES string of the molecule is O=C1OC(c2cc([N+](=O)[O-])ccc2Cl)=N/C1=C\c1cccc(OCc2ccccc2)c1. The number of ether oxygens (including phenoxy) is 2. The Morgan fingerprint density at radius 1 is 1.06 bits per heavy atom. The Bertz CT molecular complexity index is 1220. The third-order valence-corrected chi connectivity index (χ3v) is 4.75. The van der Waals surface area contributed by atoms with E-state index in [1.807, 2.05) is 36.4 Å². The Morgan fingerprint density at radius 2 is 1.87 bits per heavy atom. The molecule has 0 atom stereocenters. The minimum atomic E-state index is -0.673. The van der Waals surface area contributed by atoms with Crippen LogP contribution in [-0.2, 0) is 16.1 Å². The van der Waals surface area contributed by atoms with Gasteiger partial charge in [0.05, 0.1) is 15.5 Å². The second kappa shape index (κ2) is 8.81. The highest BCUT2D eigenvalue weighted by molar-refractivity contribution is 6.34. The van der Waals surface area contributed by atoms with E-state index in [4.69, 9.17) is 21.1 Å². The molecule has 0 aromatic heterocycles. The lowest BCUT2D eigenvalue weighted by atomic mass is 10.2. The third-order valence-electron chi connectivity index (χ3n) is 4.42. The molecule has 7 nitrogen and oxygen atoms in total. The van der Waals surface area contributed by atoms with Gasteiger partial charge in [-0.2, -0.15) is 0 Å². The van der Waals surface area contributed by atoms with Crippen molar-refractivity contribution in [2.75, 3.05) is 0 Å². The summed E-state index contributed by atoms with van der Waals surface area (Å²) in [4.78, 5) is 26.9. The van der Waals surface area contributed by atoms with E-state index in [-0.39, 0.29) is 27.9 Å². The van der Waals surface area contributed by atoms with E-state index < -0.39 is 10.9 Å². The van der Waals surface area contributed by atoms with Gasteiger partial charge in [-0.25, -0.2) is 9.79 Å². The first kappa shape index (κ1) is 20.3. The summed E-state index contributed by atoms with van der Waals surface area (Å²) in [6, 6.07) is 20.8. The fourth-order valence-corrected chi connectivity index (χ4v) is 3.11. The molecular formula is C23H15ClN2O5. The number of nitrogens with zero attached hydrogens (tertiary/aromatic N) is 2. The predicted octanol–water partition coefficient (Wildman–Crippen LogP) is 5.17. The van der Waals surface area contributed by atoms with Crippen molar-refractivity contribution in [3.05, 3.63) is 110 Å². The first-order valence-corrected chi connectivity index (χ1v) is 9.61. The first-order valence-electron chi connectivity index (χ1n) is 9.23. The molecule has 0 fully saturated rings. The third kappa shape index (κ3) is 4.79. The number of rotatable bonds is 6. The number of cyclic esters (lactones) is 1. The maximum Gasteiger partial charge on any atom is 0.363 e. The second-order valence-electron chi connectivity index (χ2n) is 6.60. The number of carbonyl (C=O) groups is 1. The lowest BCUT2D eigenvalue weighted by Crippen LogP contribution is -2.06. The summed E-state index contributed by atoms with van der Waals surface area (Å²) in [7, 11) is 0. The summed E-state index contributed by atoms with van der Waals surface area (Å²) in [6.07, 6.45) is 1.55. The molecule has 0 bridgehead atoms. The number of carbonyl (C=O) groups excluding carboxylic acids is 1. The molecule has 0 aliphatic carbocycles. The summed E-state index contributed by atoms with van der Waals surface area (Å²) in [6.45, 7) is 0.413. The highest BCUT2D eigenvalue weighted by atomic mass is 35.5. The second-order valence-corrected chi connectivity index (χ2v) is 7.01. The van der Waals surface area contributed by atoms with E-state index in [1.165, 1.54) is 18.2 Å². The van der Waals surface area contributed by atoms with Crippen molar-refractivity contribution in [3.63, 3.8) is 0 Å². The number of nitro benzene ring substituents is 1. The number of hydrogen-bond donors (Lipinski definition) is 0. The molecular weight excluding hydrogens is 420 g/mol. The topological polar surface area (TPSA) is 91.0 Å². The van der Waals surface area contributed by atoms with E-state index in [0.717, 1.165) is 5.56 Å². The predicted molar refractivity (Wildman–Crippen MR) is 116 cm³/mol. The van der Waals surface area contributed by atoms with Gasteiger partial charge in [0.15, 0.2) is 5.70 Å². The van der Waals surface area contributed by atoms with Crippen LogP contribution in [-0.4, -0.2) is 16.8 Å². The Balaban J connectivity index is 1.56. The van der Waals surface area contributed by atoms with Crippen molar-refractivity contribution in [3.8, 4) is 5.75 Å². The van der Waals surface area contributed by atoms with Crippen LogP contribution in [0.25, 0.3) is 6.08 Å². The molecule has 0 saturated carbocycles. The Kier molecular flexibility index (Phi) is 5.77. The van der Waals surface area contributed by atoms with Gasteiger partial charge in [-0.1, -0.05) is 54.1 Å². The van der Waals surface area contributed by atoms with Crippen LogP contribution in [0.5, 0.6) is 5.75 Å². The van der Waals surface area contributed by atoms with E-state index >= 15 is 0 Å². The monoisotopic (exact) mass is 434 g/mol. The molecule has 0 spiro atoms. The summed E-state index contributed by atoms with van der Waals surface area (Å²) in [5, 5.41) is 11.2. The summed E-state index contributed by atoms with van der Waals surface area (Å²) in [5.74, 6) is -0.120. The molecule has 0 saturated heterocycles. The van der Waals surface area contributed by atoms with Gasteiger partial charge < -0.3 is 9.47 Å². The van der Waals surface area contributed by atoms with E-state index in [2.05, 4.69) is 4.99 Å². The normalized spacial score (nSPS) is 14.3. The molecule has 8 heteroatoms. The fraction of sp³-hybridized carbons (Fsp3) is 0.0435. The molecule has 3 aromatic rings. The van der Waals surface area contributed by atoms with Gasteiger partial charge in [-0.15, -0.1) is 0 Å². The number of non-ortho nitro benzene ring substituents is 1. The standard InChI is InChI=1S/C23H15ClN2O5/c24-20-10-9-17(26(28)29)13-19(20)22-25-21(23(27)31-22)12-16-7-4-8-18(11-16)30-14-15-5-2-1-3-6-15/h1-13H,14H2/b21-12-. The molecule has 3 aromatic carbocycles. The summed E-state index contributed by atoms with van der Waals surface area (Å²) >= 11 is 6.11. The van der Waals surface area contributed by atoms with Gasteiger partial charge in [0.25, 0.3) is 5.69 Å². The summed E-state index contributed by atoms with van der Waals surface area (Å²) in [5.41, 5.74) is 1.77. The molecule has 1 heterocycles. The number of benzene rings is 3. The Hall–Kier alpha value is -3.97. The maximum atomic E-state index is 12.3. The van der Waals surface area contributed by atoms with Gasteiger partial charge in [0.1, 0.15) is 12.4 Å². The van der Waals surface area contributed by atoms with Crippen LogP contribution in [0.15, 0.2) is 83.5 Å². The molecule has 1 aliphatic rings. The Labute approximate surface area is 182 Å². The van der Waals surface area contributed by atoms with Crippen LogP contribution in [0.1, 0.15) is 16.7 Å². The minimum Gasteiger partial charge on any atom is -0.489 e. The van der Waals surface area contributed by atoms with Crippen molar-refractivity contribution in [2.45, 2.75) is 6.61 Å². The van der Waals surface area contributed by atoms with Gasteiger partial charge in [-0.05, 0) is 35.4 Å². The van der Waals surface area contributed by atoms with Crippen molar-refractivity contribution in [1.29, 1.82) is 0 Å². The zero-order valence-electron chi connectivity index (χ0n) is 16.0. The lowest BCUT2D eigenvalue weighted by molar-refractivity contribution is -0.384.